The van der Waals surface area contributed by atoms with E-state index in [1.54, 1.807) is 10.9 Å². The van der Waals surface area contributed by atoms with E-state index in [0.717, 1.165) is 48.2 Å². The molecular formula is C19H23N5O. The predicted molar refractivity (Wildman–Crippen MR) is 97.9 cm³/mol. The van der Waals surface area contributed by atoms with Gasteiger partial charge in [0, 0.05) is 36.2 Å². The lowest BCUT2D eigenvalue weighted by Gasteiger charge is -2.21. The molecule has 6 heteroatoms. The average Bonchev–Trinajstić information content (AvgIpc) is 2.98. The number of rotatable bonds is 4. The average molecular weight is 337 g/mol. The van der Waals surface area contributed by atoms with Gasteiger partial charge in [-0.1, -0.05) is 24.3 Å². The van der Waals surface area contributed by atoms with Gasteiger partial charge in [0.15, 0.2) is 0 Å². The number of nitrogens with zero attached hydrogens (tertiary/aromatic N) is 4. The normalized spacial score (nSPS) is 17.9. The lowest BCUT2D eigenvalue weighted by Crippen LogP contribution is -2.31. The van der Waals surface area contributed by atoms with Gasteiger partial charge in [-0.15, -0.1) is 0 Å². The minimum atomic E-state index is -0.0315. The maximum absolute atomic E-state index is 12.8. The van der Waals surface area contributed by atoms with Gasteiger partial charge in [0.25, 0.3) is 0 Å². The quantitative estimate of drug-likeness (QED) is 0.792. The smallest absolute Gasteiger partial charge is 0.316 e. The molecule has 0 saturated carbocycles. The Hall–Kier alpha value is -2.47. The summed E-state index contributed by atoms with van der Waals surface area (Å²) in [6, 6.07) is 10.0. The number of benzene rings is 1. The molecule has 25 heavy (non-hydrogen) atoms. The van der Waals surface area contributed by atoms with Crippen molar-refractivity contribution < 1.29 is 0 Å². The summed E-state index contributed by atoms with van der Waals surface area (Å²) in [7, 11) is 0. The van der Waals surface area contributed by atoms with Crippen LogP contribution in [0.2, 0.25) is 0 Å². The lowest BCUT2D eigenvalue weighted by molar-refractivity contribution is 0.431. The molecule has 0 unspecified atom stereocenters. The van der Waals surface area contributed by atoms with E-state index in [-0.39, 0.29) is 5.69 Å². The first-order valence-corrected chi connectivity index (χ1v) is 8.99. The van der Waals surface area contributed by atoms with Crippen molar-refractivity contribution >= 4 is 10.9 Å². The van der Waals surface area contributed by atoms with E-state index in [0.29, 0.717) is 19.0 Å². The highest BCUT2D eigenvalue weighted by molar-refractivity contribution is 5.81. The van der Waals surface area contributed by atoms with E-state index in [9.17, 15) is 4.79 Å². The summed E-state index contributed by atoms with van der Waals surface area (Å²) < 4.78 is 3.41. The number of piperidine rings is 1. The molecule has 1 saturated heterocycles. The molecule has 0 bridgehead atoms. The number of fused-ring (bicyclic) bond motifs is 1. The van der Waals surface area contributed by atoms with E-state index in [1.165, 1.54) is 0 Å². The van der Waals surface area contributed by atoms with Crippen LogP contribution in [0.25, 0.3) is 10.9 Å². The van der Waals surface area contributed by atoms with Crippen LogP contribution in [0.15, 0.2) is 41.3 Å². The summed E-state index contributed by atoms with van der Waals surface area (Å²) in [5, 5.41) is 9.20. The van der Waals surface area contributed by atoms with Crippen LogP contribution in [0.3, 0.4) is 0 Å². The first kappa shape index (κ1) is 16.0. The molecule has 1 fully saturated rings. The van der Waals surface area contributed by atoms with E-state index < -0.39 is 0 Å². The highest BCUT2D eigenvalue weighted by Gasteiger charge is 2.23. The molecule has 130 valence electrons. The molecule has 4 rings (SSSR count). The largest absolute Gasteiger partial charge is 0.346 e. The van der Waals surface area contributed by atoms with Crippen LogP contribution in [0.1, 0.15) is 37.1 Å². The first-order valence-electron chi connectivity index (χ1n) is 8.99. The van der Waals surface area contributed by atoms with Crippen LogP contribution in [0.5, 0.6) is 0 Å². The Morgan fingerprint density at radius 2 is 2.16 bits per heavy atom. The van der Waals surface area contributed by atoms with Crippen LogP contribution < -0.4 is 11.0 Å². The molecule has 1 atom stereocenters. The van der Waals surface area contributed by atoms with E-state index >= 15 is 0 Å². The van der Waals surface area contributed by atoms with E-state index in [1.807, 2.05) is 41.8 Å². The van der Waals surface area contributed by atoms with Gasteiger partial charge in [-0.3, -0.25) is 9.55 Å². The molecule has 1 N–H and O–H groups in total. The number of hydrogen-bond acceptors (Lipinski definition) is 4. The van der Waals surface area contributed by atoms with Gasteiger partial charge in [-0.05, 0) is 32.4 Å². The molecule has 0 amide bonds. The summed E-state index contributed by atoms with van der Waals surface area (Å²) in [6.45, 7) is 5.06. The zero-order chi connectivity index (χ0) is 17.2. The number of para-hydroxylation sites is 1. The van der Waals surface area contributed by atoms with Gasteiger partial charge in [0.05, 0.1) is 12.1 Å². The molecule has 2 aromatic heterocycles. The summed E-state index contributed by atoms with van der Waals surface area (Å²) in [4.78, 5) is 17.3. The molecule has 3 aromatic rings. The van der Waals surface area contributed by atoms with Gasteiger partial charge in [0.1, 0.15) is 5.82 Å². The Kier molecular flexibility index (Phi) is 4.36. The van der Waals surface area contributed by atoms with E-state index in [4.69, 9.17) is 5.10 Å². The van der Waals surface area contributed by atoms with Gasteiger partial charge in [0.2, 0.25) is 0 Å². The van der Waals surface area contributed by atoms with Crippen LogP contribution in [-0.4, -0.2) is 32.4 Å². The van der Waals surface area contributed by atoms with Crippen LogP contribution in [0, 0.1) is 0 Å². The second kappa shape index (κ2) is 6.80. The van der Waals surface area contributed by atoms with Crippen molar-refractivity contribution in [2.45, 2.75) is 38.8 Å². The standard InChI is InChI=1S/C19H23N5O/c1-2-23-18(15-9-4-10-20-12-15)22-24(19(23)25)13-16-7-3-6-14-8-5-11-21-17(14)16/h3,5-8,11,15,20H,2,4,9-10,12-13H2,1H3/t15-/m1/s1. The minimum absolute atomic E-state index is 0.0315. The number of nitrogens with one attached hydrogen (secondary N) is 1. The highest BCUT2D eigenvalue weighted by Crippen LogP contribution is 2.21. The Bertz CT molecular complexity index is 931. The van der Waals surface area contributed by atoms with Crippen molar-refractivity contribution in [2.24, 2.45) is 0 Å². The SMILES string of the molecule is CCn1c([C@@H]2CCCNC2)nn(Cc2cccc3cccnc23)c1=O. The molecule has 0 radical (unpaired) electrons. The predicted octanol–water partition coefficient (Wildman–Crippen LogP) is 2.13. The number of pyridine rings is 1. The van der Waals surface area contributed by atoms with Crippen molar-refractivity contribution in [2.75, 3.05) is 13.1 Å². The third-order valence-electron chi connectivity index (χ3n) is 4.97. The van der Waals surface area contributed by atoms with Crippen molar-refractivity contribution in [3.05, 3.63) is 58.4 Å². The second-order valence-corrected chi connectivity index (χ2v) is 6.58. The molecular weight excluding hydrogens is 314 g/mol. The molecule has 1 aliphatic heterocycles. The van der Waals surface area contributed by atoms with Crippen LogP contribution >= 0.6 is 0 Å². The molecule has 1 aliphatic rings. The van der Waals surface area contributed by atoms with Gasteiger partial charge in [-0.25, -0.2) is 9.48 Å². The molecule has 0 aliphatic carbocycles. The second-order valence-electron chi connectivity index (χ2n) is 6.58. The van der Waals surface area contributed by atoms with Crippen LogP contribution in [0.4, 0.5) is 0 Å². The highest BCUT2D eigenvalue weighted by atomic mass is 16.2. The molecule has 6 nitrogen and oxygen atoms in total. The maximum Gasteiger partial charge on any atom is 0.346 e. The van der Waals surface area contributed by atoms with Gasteiger partial charge < -0.3 is 5.32 Å². The fourth-order valence-corrected chi connectivity index (χ4v) is 3.69. The van der Waals surface area contributed by atoms with E-state index in [2.05, 4.69) is 10.3 Å². The Morgan fingerprint density at radius 3 is 2.96 bits per heavy atom. The summed E-state index contributed by atoms with van der Waals surface area (Å²) in [5.41, 5.74) is 1.93. The Labute approximate surface area is 146 Å². The minimum Gasteiger partial charge on any atom is -0.316 e. The summed E-state index contributed by atoms with van der Waals surface area (Å²) >= 11 is 0. The summed E-state index contributed by atoms with van der Waals surface area (Å²) in [5.74, 6) is 1.22. The van der Waals surface area contributed by atoms with Crippen molar-refractivity contribution in [3.8, 4) is 0 Å². The fourth-order valence-electron chi connectivity index (χ4n) is 3.69. The summed E-state index contributed by atoms with van der Waals surface area (Å²) in [6.07, 6.45) is 4.00. The number of aromatic nitrogens is 4. The topological polar surface area (TPSA) is 64.7 Å². The Balaban J connectivity index is 1.73. The molecule has 3 heterocycles. The first-order chi connectivity index (χ1) is 12.3. The Morgan fingerprint density at radius 1 is 1.28 bits per heavy atom. The molecule has 1 aromatic carbocycles. The third kappa shape index (κ3) is 2.98. The third-order valence-corrected chi connectivity index (χ3v) is 4.97. The van der Waals surface area contributed by atoms with Gasteiger partial charge in [-0.2, -0.15) is 5.10 Å². The monoisotopic (exact) mass is 337 g/mol. The van der Waals surface area contributed by atoms with Crippen LogP contribution in [-0.2, 0) is 13.1 Å². The maximum atomic E-state index is 12.8. The number of hydrogen-bond donors (Lipinski definition) is 1. The zero-order valence-corrected chi connectivity index (χ0v) is 14.5. The van der Waals surface area contributed by atoms with Crippen molar-refractivity contribution in [1.82, 2.24) is 24.6 Å². The fraction of sp³-hybridized carbons (Fsp3) is 0.421. The van der Waals surface area contributed by atoms with Crippen molar-refractivity contribution in [1.29, 1.82) is 0 Å². The van der Waals surface area contributed by atoms with Crippen molar-refractivity contribution in [3.63, 3.8) is 0 Å². The van der Waals surface area contributed by atoms with Gasteiger partial charge >= 0.3 is 5.69 Å². The molecule has 0 spiro atoms. The zero-order valence-electron chi connectivity index (χ0n) is 14.5. The lowest BCUT2D eigenvalue weighted by atomic mass is 9.99.